The van der Waals surface area contributed by atoms with Crippen molar-refractivity contribution >= 4 is 15.4 Å². The Kier molecular flexibility index (Phi) is 15.2. The number of aliphatic hydroxyl groups is 1. The fraction of sp³-hybridized carbons (Fsp3) is 0.667. The maximum absolute atomic E-state index is 10.8. The smallest absolute Gasteiger partial charge is 0.778 e. The second-order valence-electron chi connectivity index (χ2n) is 2.79. The maximum atomic E-state index is 10.8. The van der Waals surface area contributed by atoms with E-state index in [0.29, 0.717) is 12.2 Å². The molecule has 0 radical (unpaired) electrons. The van der Waals surface area contributed by atoms with Crippen LogP contribution in [0.15, 0.2) is 12.2 Å². The van der Waals surface area contributed by atoms with E-state index in [-0.39, 0.29) is 78.7 Å². The summed E-state index contributed by atoms with van der Waals surface area (Å²) in [6.45, 7) is 3.40. The minimum Gasteiger partial charge on any atom is -0.778 e. The third-order valence-corrected chi connectivity index (χ3v) is 3.66. The van der Waals surface area contributed by atoms with E-state index in [4.69, 9.17) is 5.11 Å². The zero-order valence-corrected chi connectivity index (χ0v) is 15.9. The first-order valence-electron chi connectivity index (χ1n) is 3.89. The molecule has 0 heterocycles. The van der Waals surface area contributed by atoms with Gasteiger partial charge in [0.2, 0.25) is 0 Å². The molecule has 0 amide bonds. The van der Waals surface area contributed by atoms with Crippen LogP contribution in [0.25, 0.3) is 0 Å². The molecule has 7 nitrogen and oxygen atoms in total. The van der Waals surface area contributed by atoms with E-state index in [1.54, 1.807) is 0 Å². The van der Waals surface area contributed by atoms with E-state index < -0.39 is 15.4 Å². The maximum Gasteiger partial charge on any atom is 1.00 e. The molecule has 0 aromatic carbocycles. The number of hydrogen-bond donors (Lipinski definition) is 1. The Labute approximate surface area is 144 Å². The van der Waals surface area contributed by atoms with Gasteiger partial charge in [-0.2, -0.15) is 0 Å². The molecule has 0 rings (SSSR count). The average Bonchev–Trinajstić information content (AvgIpc) is 1.98. The van der Waals surface area contributed by atoms with Crippen molar-refractivity contribution in [3.05, 3.63) is 12.2 Å². The first kappa shape index (κ1) is 24.0. The molecular formula is C6H12Na2O7P2. The van der Waals surface area contributed by atoms with Crippen molar-refractivity contribution in [2.75, 3.05) is 19.9 Å². The largest absolute Gasteiger partial charge is 1.00 e. The topological polar surface area (TPSA) is 119 Å². The van der Waals surface area contributed by atoms with E-state index in [1.165, 1.54) is 0 Å². The SMILES string of the molecule is C=C(CO)CCOP(=O)([O-])OP(C)(=O)[O-].[Na+].[Na+]. The van der Waals surface area contributed by atoms with E-state index in [1.807, 2.05) is 0 Å². The summed E-state index contributed by atoms with van der Waals surface area (Å²) in [6.07, 6.45) is 0.0962. The number of phosphoric acid groups is 1. The predicted octanol–water partition coefficient (Wildman–Crippen LogP) is -6.38. The molecular weight excluding hydrogens is 292 g/mol. The zero-order chi connectivity index (χ0) is 12.1. The summed E-state index contributed by atoms with van der Waals surface area (Å²) in [5, 5.41) is 8.52. The molecule has 0 bridgehead atoms. The predicted molar refractivity (Wildman–Crippen MR) is 49.0 cm³/mol. The Morgan fingerprint density at radius 1 is 1.35 bits per heavy atom. The Bertz CT molecular complexity index is 315. The van der Waals surface area contributed by atoms with Gasteiger partial charge in [0.25, 0.3) is 7.82 Å². The van der Waals surface area contributed by atoms with Crippen molar-refractivity contribution < 1.29 is 92.0 Å². The van der Waals surface area contributed by atoms with Gasteiger partial charge in [0.15, 0.2) is 0 Å². The van der Waals surface area contributed by atoms with Crippen molar-refractivity contribution in [3.8, 4) is 0 Å². The van der Waals surface area contributed by atoms with Crippen LogP contribution in [0.2, 0.25) is 0 Å². The van der Waals surface area contributed by atoms with Gasteiger partial charge >= 0.3 is 59.1 Å². The minimum atomic E-state index is -4.83. The van der Waals surface area contributed by atoms with Crippen molar-refractivity contribution in [3.63, 3.8) is 0 Å². The molecule has 0 aliphatic rings. The standard InChI is InChI=1S/C6H14O7P2.2Na/c1-6(5-7)3-4-12-15(10,11)13-14(2,8)9;;/h7H,1,3-5H2,2H3,(H,8,9)(H,10,11);;/q;2*+1/p-2. The molecule has 11 heteroatoms. The van der Waals surface area contributed by atoms with Gasteiger partial charge in [-0.3, -0.25) is 8.88 Å². The van der Waals surface area contributed by atoms with Crippen molar-refractivity contribution in [2.45, 2.75) is 6.42 Å². The van der Waals surface area contributed by atoms with Crippen LogP contribution in [0.1, 0.15) is 6.42 Å². The first-order valence-corrected chi connectivity index (χ1v) is 7.34. The molecule has 2 atom stereocenters. The van der Waals surface area contributed by atoms with Gasteiger partial charge in [-0.15, -0.1) is 0 Å². The molecule has 0 spiro atoms. The summed E-state index contributed by atoms with van der Waals surface area (Å²) in [4.78, 5) is 21.3. The number of hydrogen-bond acceptors (Lipinski definition) is 7. The van der Waals surface area contributed by atoms with Crippen molar-refractivity contribution in [1.29, 1.82) is 0 Å². The first-order chi connectivity index (χ1) is 6.66. The van der Waals surface area contributed by atoms with Crippen LogP contribution >= 0.6 is 15.4 Å². The van der Waals surface area contributed by atoms with Crippen LogP contribution in [0, 0.1) is 0 Å². The van der Waals surface area contributed by atoms with Crippen LogP contribution in [-0.4, -0.2) is 25.0 Å². The Morgan fingerprint density at radius 3 is 2.18 bits per heavy atom. The number of aliphatic hydroxyl groups excluding tert-OH is 1. The van der Waals surface area contributed by atoms with Crippen LogP contribution in [0.5, 0.6) is 0 Å². The molecule has 0 aromatic rings. The number of rotatable bonds is 7. The Hall–Kier alpha value is 2.00. The van der Waals surface area contributed by atoms with Gasteiger partial charge in [0.05, 0.1) is 13.2 Å². The van der Waals surface area contributed by atoms with Gasteiger partial charge in [-0.25, -0.2) is 0 Å². The normalized spacial score (nSPS) is 16.9. The van der Waals surface area contributed by atoms with Crippen LogP contribution < -0.4 is 68.9 Å². The minimum absolute atomic E-state index is 0. The molecule has 2 unspecified atom stereocenters. The Morgan fingerprint density at radius 2 is 1.82 bits per heavy atom. The van der Waals surface area contributed by atoms with Gasteiger partial charge in [-0.05, 0) is 12.0 Å². The summed E-state index contributed by atoms with van der Waals surface area (Å²) in [5.74, 6) is 0. The average molecular weight is 304 g/mol. The summed E-state index contributed by atoms with van der Waals surface area (Å²) >= 11 is 0. The fourth-order valence-corrected chi connectivity index (χ4v) is 2.54. The fourth-order valence-electron chi connectivity index (χ4n) is 0.586. The third kappa shape index (κ3) is 15.9. The molecule has 0 aromatic heterocycles. The summed E-state index contributed by atoms with van der Waals surface area (Å²) < 4.78 is 29.3. The molecule has 17 heavy (non-hydrogen) atoms. The van der Waals surface area contributed by atoms with Crippen LogP contribution in [-0.2, 0) is 18.0 Å². The van der Waals surface area contributed by atoms with Crippen molar-refractivity contribution in [1.82, 2.24) is 0 Å². The monoisotopic (exact) mass is 304 g/mol. The van der Waals surface area contributed by atoms with Crippen molar-refractivity contribution in [2.24, 2.45) is 0 Å². The van der Waals surface area contributed by atoms with Crippen LogP contribution in [0.4, 0.5) is 0 Å². The van der Waals surface area contributed by atoms with E-state index in [9.17, 15) is 18.9 Å². The second-order valence-corrected chi connectivity index (χ2v) is 6.14. The molecule has 0 aliphatic carbocycles. The molecule has 90 valence electrons. The summed E-state index contributed by atoms with van der Waals surface area (Å²) in [5.41, 5.74) is 0.372. The van der Waals surface area contributed by atoms with E-state index >= 15 is 0 Å². The molecule has 0 saturated heterocycles. The third-order valence-electron chi connectivity index (χ3n) is 1.18. The van der Waals surface area contributed by atoms with E-state index in [2.05, 4.69) is 15.4 Å². The quantitative estimate of drug-likeness (QED) is 0.282. The molecule has 1 N–H and O–H groups in total. The van der Waals surface area contributed by atoms with Gasteiger partial charge in [0.1, 0.15) is 7.60 Å². The summed E-state index contributed by atoms with van der Waals surface area (Å²) in [6, 6.07) is 0. The molecule has 0 fully saturated rings. The van der Waals surface area contributed by atoms with Gasteiger partial charge < -0.3 is 24.0 Å². The Balaban J connectivity index is -0.000000980. The summed E-state index contributed by atoms with van der Waals surface area (Å²) in [7, 11) is -9.21. The number of phosphoric ester groups is 1. The molecule has 0 aliphatic heterocycles. The van der Waals surface area contributed by atoms with E-state index in [0.717, 1.165) is 0 Å². The molecule has 0 saturated carbocycles. The second kappa shape index (κ2) is 10.7. The van der Waals surface area contributed by atoms with Crippen LogP contribution in [0.3, 0.4) is 0 Å². The van der Waals surface area contributed by atoms with Gasteiger partial charge in [0, 0.05) is 6.66 Å². The zero-order valence-electron chi connectivity index (χ0n) is 10.1. The van der Waals surface area contributed by atoms with Gasteiger partial charge in [-0.1, -0.05) is 6.58 Å².